The summed E-state index contributed by atoms with van der Waals surface area (Å²) in [7, 11) is 0. The van der Waals surface area contributed by atoms with Crippen LogP contribution >= 0.6 is 11.8 Å². The second-order valence-corrected chi connectivity index (χ2v) is 9.24. The van der Waals surface area contributed by atoms with Crippen molar-refractivity contribution in [3.63, 3.8) is 0 Å². The Kier molecular flexibility index (Phi) is 7.80. The van der Waals surface area contributed by atoms with Crippen LogP contribution in [-0.4, -0.2) is 18.0 Å². The molecule has 1 amide bonds. The molecule has 0 radical (unpaired) electrons. The lowest BCUT2D eigenvalue weighted by molar-refractivity contribution is -0.116. The van der Waals surface area contributed by atoms with E-state index in [4.69, 9.17) is 9.47 Å². The molecular formula is C28H30N2O3S. The van der Waals surface area contributed by atoms with Crippen LogP contribution in [-0.2, 0) is 17.8 Å². The third-order valence-electron chi connectivity index (χ3n) is 5.43. The van der Waals surface area contributed by atoms with Crippen molar-refractivity contribution >= 4 is 29.4 Å². The van der Waals surface area contributed by atoms with E-state index >= 15 is 0 Å². The molecule has 1 fully saturated rings. The van der Waals surface area contributed by atoms with Crippen LogP contribution in [0.25, 0.3) is 6.08 Å². The summed E-state index contributed by atoms with van der Waals surface area (Å²) in [6, 6.07) is 22.3. The summed E-state index contributed by atoms with van der Waals surface area (Å²) in [4.78, 5) is 13.2. The summed E-state index contributed by atoms with van der Waals surface area (Å²) in [5, 5.41) is 6.34. The molecule has 0 aromatic heterocycles. The normalized spacial score (nSPS) is 16.4. The molecular weight excluding hydrogens is 444 g/mol. The van der Waals surface area contributed by atoms with Crippen LogP contribution in [0.5, 0.6) is 11.5 Å². The number of carbonyl (C=O) groups is 1. The van der Waals surface area contributed by atoms with E-state index in [1.165, 1.54) is 22.9 Å². The van der Waals surface area contributed by atoms with Crippen molar-refractivity contribution < 1.29 is 14.3 Å². The van der Waals surface area contributed by atoms with Crippen LogP contribution in [0.4, 0.5) is 5.69 Å². The first kappa shape index (κ1) is 23.8. The van der Waals surface area contributed by atoms with E-state index in [0.29, 0.717) is 29.6 Å². The fraction of sp³-hybridized carbons (Fsp3) is 0.250. The molecule has 1 aliphatic rings. The minimum Gasteiger partial charge on any atom is -0.490 e. The van der Waals surface area contributed by atoms with Crippen LogP contribution in [0.1, 0.15) is 36.1 Å². The topological polar surface area (TPSA) is 59.6 Å². The fourth-order valence-electron chi connectivity index (χ4n) is 3.67. The third-order valence-corrected chi connectivity index (χ3v) is 6.46. The molecule has 0 aliphatic carbocycles. The molecule has 3 aromatic carbocycles. The molecule has 0 spiro atoms. The first-order valence-electron chi connectivity index (χ1n) is 11.5. The summed E-state index contributed by atoms with van der Waals surface area (Å²) < 4.78 is 11.9. The Bertz CT molecular complexity index is 1170. The highest BCUT2D eigenvalue weighted by atomic mass is 32.2. The lowest BCUT2D eigenvalue weighted by Crippen LogP contribution is -2.30. The lowest BCUT2D eigenvalue weighted by Gasteiger charge is -2.13. The number of hydrogen-bond donors (Lipinski definition) is 2. The Balaban J connectivity index is 1.44. The van der Waals surface area contributed by atoms with Crippen molar-refractivity contribution in [1.29, 1.82) is 0 Å². The predicted molar refractivity (Wildman–Crippen MR) is 140 cm³/mol. The molecule has 0 saturated carbocycles. The maximum atomic E-state index is 12.5. The number of anilines is 1. The number of nitrogens with one attached hydrogen (secondary N) is 2. The van der Waals surface area contributed by atoms with Crippen molar-refractivity contribution in [3.8, 4) is 11.5 Å². The molecule has 5 nitrogen and oxygen atoms in total. The van der Waals surface area contributed by atoms with E-state index in [2.05, 4.69) is 48.7 Å². The van der Waals surface area contributed by atoms with Gasteiger partial charge in [-0.2, -0.15) is 0 Å². The maximum absolute atomic E-state index is 12.5. The molecule has 1 heterocycles. The molecule has 1 aliphatic heterocycles. The molecule has 3 aromatic rings. The minimum absolute atomic E-state index is 0.0922. The molecule has 2 N–H and O–H groups in total. The Labute approximate surface area is 205 Å². The highest BCUT2D eigenvalue weighted by Crippen LogP contribution is 2.34. The van der Waals surface area contributed by atoms with Gasteiger partial charge in [0.1, 0.15) is 6.61 Å². The molecule has 6 heteroatoms. The molecule has 176 valence electrons. The number of benzene rings is 3. The number of thioether (sulfide) groups is 1. The highest BCUT2D eigenvalue weighted by Gasteiger charge is 2.27. The van der Waals surface area contributed by atoms with Crippen molar-refractivity contribution in [2.75, 3.05) is 11.9 Å². The molecule has 34 heavy (non-hydrogen) atoms. The number of ether oxygens (including phenoxy) is 2. The van der Waals surface area contributed by atoms with E-state index in [0.717, 1.165) is 23.2 Å². The van der Waals surface area contributed by atoms with E-state index in [1.54, 1.807) is 0 Å². The minimum atomic E-state index is -0.213. The first-order valence-corrected chi connectivity index (χ1v) is 12.4. The molecule has 1 atom stereocenters. The van der Waals surface area contributed by atoms with Crippen molar-refractivity contribution in [2.45, 2.75) is 39.3 Å². The summed E-state index contributed by atoms with van der Waals surface area (Å²) in [6.45, 7) is 7.13. The number of rotatable bonds is 9. The van der Waals surface area contributed by atoms with Gasteiger partial charge >= 0.3 is 0 Å². The molecule has 1 saturated heterocycles. The average molecular weight is 475 g/mol. The van der Waals surface area contributed by atoms with Gasteiger partial charge in [-0.1, -0.05) is 66.7 Å². The van der Waals surface area contributed by atoms with E-state index < -0.39 is 0 Å². The maximum Gasteiger partial charge on any atom is 0.260 e. The largest absolute Gasteiger partial charge is 0.490 e. The molecule has 0 unspecified atom stereocenters. The zero-order valence-electron chi connectivity index (χ0n) is 19.8. The second-order valence-electron chi connectivity index (χ2n) is 8.09. The summed E-state index contributed by atoms with van der Waals surface area (Å²) in [5.74, 6) is 1.26. The van der Waals surface area contributed by atoms with Crippen molar-refractivity contribution in [2.24, 2.45) is 0 Å². The van der Waals surface area contributed by atoms with E-state index in [-0.39, 0.29) is 11.4 Å². The second kappa shape index (κ2) is 11.2. The van der Waals surface area contributed by atoms with Crippen molar-refractivity contribution in [3.05, 3.63) is 93.9 Å². The summed E-state index contributed by atoms with van der Waals surface area (Å²) >= 11 is 1.47. The Morgan fingerprint density at radius 1 is 0.971 bits per heavy atom. The van der Waals surface area contributed by atoms with Crippen LogP contribution in [0.15, 0.2) is 71.6 Å². The standard InChI is InChI=1S/C28H30N2O3S/c1-4-20-9-12-23(13-10-20)29-28-30-27(31)26(34-28)17-21-11-14-24(25(16-21)32-5-2)33-18-22-8-6-7-19(3)15-22/h6-17,28-29H,4-5,18H2,1-3H3,(H,30,31)/b26-17-/t28-/m1/s1. The van der Waals surface area contributed by atoms with Crippen LogP contribution in [0.2, 0.25) is 0 Å². The third kappa shape index (κ3) is 6.14. The Hall–Kier alpha value is -3.38. The van der Waals surface area contributed by atoms with Gasteiger partial charge in [-0.05, 0) is 67.3 Å². The highest BCUT2D eigenvalue weighted by molar-refractivity contribution is 8.05. The monoisotopic (exact) mass is 474 g/mol. The van der Waals surface area contributed by atoms with Gasteiger partial charge in [0.05, 0.1) is 11.5 Å². The van der Waals surface area contributed by atoms with Gasteiger partial charge in [0.2, 0.25) is 0 Å². The first-order chi connectivity index (χ1) is 16.5. The van der Waals surface area contributed by atoms with Gasteiger partial charge in [-0.25, -0.2) is 0 Å². The Morgan fingerprint density at radius 2 is 1.79 bits per heavy atom. The van der Waals surface area contributed by atoms with Gasteiger partial charge < -0.3 is 20.1 Å². The van der Waals surface area contributed by atoms with Gasteiger partial charge in [0.25, 0.3) is 5.91 Å². The van der Waals surface area contributed by atoms with E-state index in [9.17, 15) is 4.79 Å². The zero-order valence-corrected chi connectivity index (χ0v) is 20.6. The SMILES string of the molecule is CCOc1cc(/C=C2\S[C@H](Nc3ccc(CC)cc3)NC2=O)ccc1OCc1cccc(C)c1. The zero-order chi connectivity index (χ0) is 23.9. The number of carbonyl (C=O) groups excluding carboxylic acids is 1. The van der Waals surface area contributed by atoms with Gasteiger partial charge in [-0.3, -0.25) is 4.79 Å². The predicted octanol–water partition coefficient (Wildman–Crippen LogP) is 6.13. The van der Waals surface area contributed by atoms with Crippen LogP contribution < -0.4 is 20.1 Å². The number of amides is 1. The fourth-order valence-corrected chi connectivity index (χ4v) is 4.65. The summed E-state index contributed by atoms with van der Waals surface area (Å²) in [5.41, 5.74) is 5.24. The molecule has 4 rings (SSSR count). The number of hydrogen-bond acceptors (Lipinski definition) is 5. The van der Waals surface area contributed by atoms with Crippen LogP contribution in [0, 0.1) is 6.92 Å². The quantitative estimate of drug-likeness (QED) is 0.365. The number of aryl methyl sites for hydroxylation is 2. The average Bonchev–Trinajstić information content (AvgIpc) is 3.17. The van der Waals surface area contributed by atoms with Gasteiger partial charge in [-0.15, -0.1) is 0 Å². The summed E-state index contributed by atoms with van der Waals surface area (Å²) in [6.07, 6.45) is 2.89. The smallest absolute Gasteiger partial charge is 0.260 e. The van der Waals surface area contributed by atoms with Gasteiger partial charge in [0, 0.05) is 5.69 Å². The van der Waals surface area contributed by atoms with E-state index in [1.807, 2.05) is 55.5 Å². The van der Waals surface area contributed by atoms with Gasteiger partial charge in [0.15, 0.2) is 17.0 Å². The Morgan fingerprint density at radius 3 is 2.53 bits per heavy atom. The molecule has 0 bridgehead atoms. The van der Waals surface area contributed by atoms with Crippen LogP contribution in [0.3, 0.4) is 0 Å². The lowest BCUT2D eigenvalue weighted by atomic mass is 10.1. The van der Waals surface area contributed by atoms with Crippen molar-refractivity contribution in [1.82, 2.24) is 5.32 Å².